The highest BCUT2D eigenvalue weighted by molar-refractivity contribution is 5.86. The first-order chi connectivity index (χ1) is 12.9. The van der Waals surface area contributed by atoms with E-state index in [-0.39, 0.29) is 6.54 Å². The van der Waals surface area contributed by atoms with Crippen molar-refractivity contribution in [3.05, 3.63) is 35.8 Å². The molecule has 1 fully saturated rings. The fraction of sp³-hybridized carbons (Fsp3) is 0.400. The highest BCUT2D eigenvalue weighted by atomic mass is 19.3. The minimum absolute atomic E-state index is 0.173. The van der Waals surface area contributed by atoms with E-state index < -0.39 is 5.92 Å². The van der Waals surface area contributed by atoms with Crippen LogP contribution in [0.3, 0.4) is 0 Å². The first-order valence-corrected chi connectivity index (χ1v) is 9.02. The molecule has 3 aromatic heterocycles. The maximum absolute atomic E-state index is 13.2. The Balaban J connectivity index is 1.49. The molecule has 0 amide bonds. The number of piperidine rings is 1. The van der Waals surface area contributed by atoms with Crippen LogP contribution >= 0.6 is 0 Å². The fourth-order valence-electron chi connectivity index (χ4n) is 3.75. The Morgan fingerprint density at radius 2 is 2.11 bits per heavy atom. The number of likely N-dealkylation sites (tertiary alicyclic amines) is 1. The maximum atomic E-state index is 13.2. The van der Waals surface area contributed by atoms with Gasteiger partial charge in [0, 0.05) is 41.9 Å². The number of H-pyrrole nitrogens is 2. The lowest BCUT2D eigenvalue weighted by Gasteiger charge is -2.32. The van der Waals surface area contributed by atoms with Crippen molar-refractivity contribution in [3.8, 4) is 23.6 Å². The van der Waals surface area contributed by atoms with E-state index >= 15 is 0 Å². The first kappa shape index (κ1) is 17.7. The Labute approximate surface area is 156 Å². The number of pyridine rings is 1. The number of alkyl halides is 2. The number of nitrogens with one attached hydrogen (secondary N) is 2. The minimum atomic E-state index is -2.64. The van der Waals surface area contributed by atoms with E-state index in [9.17, 15) is 8.78 Å². The topological polar surface area (TPSA) is 60.6 Å². The molecule has 3 aromatic rings. The van der Waals surface area contributed by atoms with Crippen molar-refractivity contribution in [2.24, 2.45) is 0 Å². The summed E-state index contributed by atoms with van der Waals surface area (Å²) in [7, 11) is 0. The molecule has 7 heteroatoms. The van der Waals surface area contributed by atoms with Crippen molar-refractivity contribution in [1.82, 2.24) is 25.1 Å². The monoisotopic (exact) mass is 369 g/mol. The van der Waals surface area contributed by atoms with Crippen molar-refractivity contribution >= 4 is 11.0 Å². The van der Waals surface area contributed by atoms with Crippen molar-refractivity contribution in [2.45, 2.75) is 31.6 Å². The van der Waals surface area contributed by atoms with Gasteiger partial charge in [-0.1, -0.05) is 5.92 Å². The van der Waals surface area contributed by atoms with Crippen LogP contribution < -0.4 is 0 Å². The van der Waals surface area contributed by atoms with Gasteiger partial charge >= 0.3 is 0 Å². The van der Waals surface area contributed by atoms with Gasteiger partial charge in [0.2, 0.25) is 0 Å². The van der Waals surface area contributed by atoms with E-state index in [1.807, 2.05) is 17.0 Å². The highest BCUT2D eigenvalue weighted by Gasteiger charge is 2.29. The minimum Gasteiger partial charge on any atom is -0.345 e. The molecule has 1 aliphatic heterocycles. The van der Waals surface area contributed by atoms with Crippen LogP contribution in [0.15, 0.2) is 24.5 Å². The Kier molecular flexibility index (Phi) is 4.44. The second-order valence-electron chi connectivity index (χ2n) is 7.30. The van der Waals surface area contributed by atoms with Gasteiger partial charge in [0.05, 0.1) is 17.8 Å². The van der Waals surface area contributed by atoms with E-state index in [0.29, 0.717) is 19.0 Å². The van der Waals surface area contributed by atoms with Crippen LogP contribution in [0.1, 0.15) is 36.9 Å². The van der Waals surface area contributed by atoms with Crippen molar-refractivity contribution in [3.63, 3.8) is 0 Å². The predicted octanol–water partition coefficient (Wildman–Crippen LogP) is 3.77. The number of terminal acetylenes is 1. The highest BCUT2D eigenvalue weighted by Crippen LogP contribution is 2.31. The molecule has 0 radical (unpaired) electrons. The average Bonchev–Trinajstić information content (AvgIpc) is 3.27. The zero-order valence-electron chi connectivity index (χ0n) is 15.1. The lowest BCUT2D eigenvalue weighted by Crippen LogP contribution is -2.40. The lowest BCUT2D eigenvalue weighted by molar-refractivity contribution is -0.0200. The van der Waals surface area contributed by atoms with Crippen LogP contribution in [0.25, 0.3) is 22.3 Å². The molecule has 0 atom stereocenters. The molecule has 0 aliphatic carbocycles. The average molecular weight is 369 g/mol. The maximum Gasteiger partial charge on any atom is 0.257 e. The van der Waals surface area contributed by atoms with E-state index in [4.69, 9.17) is 6.42 Å². The second kappa shape index (κ2) is 6.78. The Morgan fingerprint density at radius 1 is 1.33 bits per heavy atom. The summed E-state index contributed by atoms with van der Waals surface area (Å²) in [6.07, 6.45) is 10.8. The number of aromatic amines is 2. The van der Waals surface area contributed by atoms with Gasteiger partial charge in [0.1, 0.15) is 5.65 Å². The summed E-state index contributed by atoms with van der Waals surface area (Å²) in [6.45, 7) is 2.14. The Hall–Kier alpha value is -2.72. The normalized spacial score (nSPS) is 16.7. The van der Waals surface area contributed by atoms with Gasteiger partial charge in [0.15, 0.2) is 0 Å². The molecule has 27 heavy (non-hydrogen) atoms. The number of fused-ring (bicyclic) bond motifs is 1. The van der Waals surface area contributed by atoms with Crippen LogP contribution in [0.4, 0.5) is 8.78 Å². The molecule has 1 saturated heterocycles. The quantitative estimate of drug-likeness (QED) is 0.688. The third-order valence-corrected chi connectivity index (χ3v) is 5.11. The number of aromatic nitrogens is 4. The van der Waals surface area contributed by atoms with Gasteiger partial charge in [0.25, 0.3) is 5.92 Å². The third-order valence-electron chi connectivity index (χ3n) is 5.11. The van der Waals surface area contributed by atoms with Crippen LogP contribution in [-0.4, -0.2) is 50.6 Å². The summed E-state index contributed by atoms with van der Waals surface area (Å²) >= 11 is 0. The summed E-state index contributed by atoms with van der Waals surface area (Å²) in [5.41, 5.74) is 4.27. The smallest absolute Gasteiger partial charge is 0.257 e. The summed E-state index contributed by atoms with van der Waals surface area (Å²) in [5, 5.41) is 8.44. The largest absolute Gasteiger partial charge is 0.345 e. The summed E-state index contributed by atoms with van der Waals surface area (Å²) in [5.74, 6) is 0.308. The second-order valence-corrected chi connectivity index (χ2v) is 7.30. The van der Waals surface area contributed by atoms with E-state index in [0.717, 1.165) is 53.3 Å². The summed E-state index contributed by atoms with van der Waals surface area (Å²) < 4.78 is 26.4. The third kappa shape index (κ3) is 3.71. The van der Waals surface area contributed by atoms with Crippen LogP contribution in [0.2, 0.25) is 0 Å². The molecule has 4 heterocycles. The molecule has 0 unspecified atom stereocenters. The van der Waals surface area contributed by atoms with Gasteiger partial charge in [-0.05, 0) is 38.1 Å². The first-order valence-electron chi connectivity index (χ1n) is 9.02. The van der Waals surface area contributed by atoms with Gasteiger partial charge in [-0.3, -0.25) is 10.00 Å². The predicted molar refractivity (Wildman–Crippen MR) is 101 cm³/mol. The van der Waals surface area contributed by atoms with Gasteiger partial charge in [-0.2, -0.15) is 5.10 Å². The Bertz CT molecular complexity index is 984. The van der Waals surface area contributed by atoms with Crippen LogP contribution in [0.5, 0.6) is 0 Å². The molecule has 140 valence electrons. The molecule has 0 bridgehead atoms. The van der Waals surface area contributed by atoms with Crippen molar-refractivity contribution in [1.29, 1.82) is 0 Å². The fourth-order valence-corrected chi connectivity index (χ4v) is 3.75. The molecular formula is C20H21F2N5. The van der Waals surface area contributed by atoms with Crippen molar-refractivity contribution < 1.29 is 8.78 Å². The van der Waals surface area contributed by atoms with E-state index in [2.05, 4.69) is 26.1 Å². The molecule has 0 spiro atoms. The number of hydrogen-bond acceptors (Lipinski definition) is 3. The molecular weight excluding hydrogens is 348 g/mol. The zero-order valence-corrected chi connectivity index (χ0v) is 15.1. The number of rotatable bonds is 4. The number of halogens is 2. The van der Waals surface area contributed by atoms with E-state index in [1.54, 1.807) is 12.4 Å². The van der Waals surface area contributed by atoms with Crippen LogP contribution in [-0.2, 0) is 0 Å². The number of nitrogens with zero attached hydrogens (tertiary/aromatic N) is 3. The summed E-state index contributed by atoms with van der Waals surface area (Å²) in [4.78, 5) is 9.30. The zero-order chi connectivity index (χ0) is 19.0. The molecule has 4 rings (SSSR count). The van der Waals surface area contributed by atoms with Gasteiger partial charge < -0.3 is 4.98 Å². The molecule has 2 N–H and O–H groups in total. The lowest BCUT2D eigenvalue weighted by atomic mass is 9.93. The number of hydrogen-bond donors (Lipinski definition) is 2. The SMILES string of the molecule is C#Cc1c[nH]c2ncc(-c3cc(C4CCN(CC(C)(F)F)CC4)[nH]n3)cc12. The van der Waals surface area contributed by atoms with E-state index in [1.165, 1.54) is 0 Å². The molecule has 5 nitrogen and oxygen atoms in total. The van der Waals surface area contributed by atoms with Gasteiger partial charge in [-0.15, -0.1) is 6.42 Å². The molecule has 0 saturated carbocycles. The Morgan fingerprint density at radius 3 is 2.81 bits per heavy atom. The van der Waals surface area contributed by atoms with Gasteiger partial charge in [-0.25, -0.2) is 13.8 Å². The summed E-state index contributed by atoms with van der Waals surface area (Å²) in [6, 6.07) is 4.01. The van der Waals surface area contributed by atoms with Crippen molar-refractivity contribution in [2.75, 3.05) is 19.6 Å². The standard InChI is InChI=1S/C20H21F2N5/c1-3-13-10-23-19-16(13)8-15(11-24-19)18-9-17(25-26-18)14-4-6-27(7-5-14)12-20(2,21)22/h1,8-11,14H,4-7,12H2,2H3,(H,23,24)(H,25,26). The van der Waals surface area contributed by atoms with Crippen LogP contribution in [0, 0.1) is 12.3 Å². The molecule has 1 aliphatic rings. The molecule has 0 aromatic carbocycles.